The van der Waals surface area contributed by atoms with E-state index in [0.29, 0.717) is 18.8 Å². The molecule has 4 heteroatoms. The molecule has 1 aliphatic rings. The van der Waals surface area contributed by atoms with E-state index < -0.39 is 5.41 Å². The second-order valence-electron chi connectivity index (χ2n) is 5.28. The molecule has 4 nitrogen and oxygen atoms in total. The van der Waals surface area contributed by atoms with Gasteiger partial charge >= 0.3 is 0 Å². The van der Waals surface area contributed by atoms with Crippen LogP contribution in [0.2, 0.25) is 0 Å². The van der Waals surface area contributed by atoms with Crippen molar-refractivity contribution in [3.05, 3.63) is 28.3 Å². The molecule has 0 saturated carbocycles. The van der Waals surface area contributed by atoms with Gasteiger partial charge in [0.2, 0.25) is 0 Å². The number of methoxy groups -OCH3 is 1. The molecule has 1 aromatic rings. The molecule has 1 aromatic carbocycles. The number of Topliss-reactive ketones (excluding diaryl/α,β-unsaturated/α-hetero) is 1. The number of rotatable bonds is 4. The predicted octanol–water partition coefficient (Wildman–Crippen LogP) is 1.81. The Kier molecular flexibility index (Phi) is 3.65. The lowest BCUT2D eigenvalue weighted by Gasteiger charge is -2.39. The molecule has 1 heterocycles. The van der Waals surface area contributed by atoms with Crippen LogP contribution >= 0.6 is 0 Å². The summed E-state index contributed by atoms with van der Waals surface area (Å²) in [5.41, 5.74) is 2.70. The van der Waals surface area contributed by atoms with Crippen molar-refractivity contribution in [2.45, 2.75) is 20.8 Å². The van der Waals surface area contributed by atoms with E-state index in [1.165, 1.54) is 0 Å². The Bertz CT molecular complexity index is 510. The summed E-state index contributed by atoms with van der Waals surface area (Å²) in [6, 6.07) is 1.88. The third-order valence-corrected chi connectivity index (χ3v) is 4.04. The molecule has 0 aliphatic carbocycles. The average Bonchev–Trinajstić information content (AvgIpc) is 2.33. The van der Waals surface area contributed by atoms with Crippen molar-refractivity contribution >= 4 is 5.78 Å². The fraction of sp³-hybridized carbons (Fsp3) is 0.533. The summed E-state index contributed by atoms with van der Waals surface area (Å²) in [5, 5.41) is 9.49. The molecular formula is C15H20O4. The average molecular weight is 264 g/mol. The maximum Gasteiger partial charge on any atom is 0.176 e. The van der Waals surface area contributed by atoms with E-state index in [1.54, 1.807) is 7.11 Å². The molecule has 0 amide bonds. The van der Waals surface area contributed by atoms with Crippen molar-refractivity contribution in [1.29, 1.82) is 0 Å². The largest absolute Gasteiger partial charge is 0.496 e. The van der Waals surface area contributed by atoms with E-state index in [-0.39, 0.29) is 12.4 Å². The van der Waals surface area contributed by atoms with E-state index in [9.17, 15) is 9.90 Å². The van der Waals surface area contributed by atoms with Crippen LogP contribution in [0.4, 0.5) is 0 Å². The topological polar surface area (TPSA) is 55.8 Å². The third-order valence-electron chi connectivity index (χ3n) is 4.04. The van der Waals surface area contributed by atoms with Crippen LogP contribution in [0, 0.1) is 26.2 Å². The number of aryl methyl sites for hydroxylation is 1. The van der Waals surface area contributed by atoms with Crippen molar-refractivity contribution in [3.8, 4) is 5.75 Å². The summed E-state index contributed by atoms with van der Waals surface area (Å²) in [7, 11) is 1.62. The van der Waals surface area contributed by atoms with Crippen LogP contribution in [0.25, 0.3) is 0 Å². The summed E-state index contributed by atoms with van der Waals surface area (Å²) in [4.78, 5) is 12.7. The SMILES string of the molecule is COc1cc(C)c(C(=O)C2(CO)COC2)c(C)c1C. The van der Waals surface area contributed by atoms with E-state index >= 15 is 0 Å². The van der Waals surface area contributed by atoms with Gasteiger partial charge in [-0.3, -0.25) is 4.79 Å². The van der Waals surface area contributed by atoms with Crippen LogP contribution in [0.3, 0.4) is 0 Å². The van der Waals surface area contributed by atoms with Crippen molar-refractivity contribution in [2.24, 2.45) is 5.41 Å². The lowest BCUT2D eigenvalue weighted by atomic mass is 9.76. The second kappa shape index (κ2) is 4.94. The number of benzene rings is 1. The van der Waals surface area contributed by atoms with E-state index in [1.807, 2.05) is 26.8 Å². The standard InChI is InChI=1S/C15H20O4/c1-9-5-12(18-4)10(2)11(3)13(9)14(17)15(6-16)7-19-8-15/h5,16H,6-8H2,1-4H3. The Morgan fingerprint density at radius 1 is 1.37 bits per heavy atom. The van der Waals surface area contributed by atoms with Gasteiger partial charge in [-0.15, -0.1) is 0 Å². The number of ether oxygens (including phenoxy) is 2. The molecule has 1 fully saturated rings. The minimum Gasteiger partial charge on any atom is -0.496 e. The van der Waals surface area contributed by atoms with Gasteiger partial charge in [0.05, 0.1) is 26.9 Å². The smallest absolute Gasteiger partial charge is 0.176 e. The van der Waals surface area contributed by atoms with E-state index in [4.69, 9.17) is 9.47 Å². The summed E-state index contributed by atoms with van der Waals surface area (Å²) in [6.45, 7) is 6.18. The number of hydrogen-bond acceptors (Lipinski definition) is 4. The van der Waals surface area contributed by atoms with Gasteiger partial charge in [0.1, 0.15) is 11.2 Å². The molecule has 2 rings (SSSR count). The Hall–Kier alpha value is -1.39. The van der Waals surface area contributed by atoms with Gasteiger partial charge in [0.25, 0.3) is 0 Å². The molecule has 0 unspecified atom stereocenters. The van der Waals surface area contributed by atoms with Gasteiger partial charge in [0, 0.05) is 5.56 Å². The highest BCUT2D eigenvalue weighted by molar-refractivity contribution is 6.04. The van der Waals surface area contributed by atoms with Crippen LogP contribution in [0.1, 0.15) is 27.0 Å². The fourth-order valence-electron chi connectivity index (χ4n) is 2.51. The first-order chi connectivity index (χ1) is 8.96. The zero-order valence-corrected chi connectivity index (χ0v) is 11.9. The summed E-state index contributed by atoms with van der Waals surface area (Å²) < 4.78 is 10.4. The number of aliphatic hydroxyl groups is 1. The lowest BCUT2D eigenvalue weighted by molar-refractivity contribution is -0.109. The maximum atomic E-state index is 12.7. The molecule has 0 aromatic heterocycles. The van der Waals surface area contributed by atoms with Crippen LogP contribution in [0.15, 0.2) is 6.07 Å². The monoisotopic (exact) mass is 264 g/mol. The normalized spacial score (nSPS) is 16.9. The minimum atomic E-state index is -0.753. The highest BCUT2D eigenvalue weighted by Crippen LogP contribution is 2.36. The van der Waals surface area contributed by atoms with Crippen molar-refractivity contribution in [1.82, 2.24) is 0 Å². The Morgan fingerprint density at radius 2 is 2.00 bits per heavy atom. The first-order valence-corrected chi connectivity index (χ1v) is 6.35. The fourth-order valence-corrected chi connectivity index (χ4v) is 2.51. The molecule has 1 saturated heterocycles. The molecule has 19 heavy (non-hydrogen) atoms. The van der Waals surface area contributed by atoms with Crippen molar-refractivity contribution in [2.75, 3.05) is 26.9 Å². The minimum absolute atomic E-state index is 0.0259. The maximum absolute atomic E-state index is 12.7. The van der Waals surface area contributed by atoms with Gasteiger partial charge < -0.3 is 14.6 Å². The van der Waals surface area contributed by atoms with Crippen molar-refractivity contribution < 1.29 is 19.4 Å². The first kappa shape index (κ1) is 14.0. The highest BCUT2D eigenvalue weighted by Gasteiger charge is 2.46. The summed E-state index contributed by atoms with van der Waals surface area (Å²) in [6.07, 6.45) is 0. The first-order valence-electron chi connectivity index (χ1n) is 6.35. The van der Waals surface area contributed by atoms with Gasteiger partial charge in [-0.25, -0.2) is 0 Å². The zero-order chi connectivity index (χ0) is 14.2. The van der Waals surface area contributed by atoms with Crippen LogP contribution in [0.5, 0.6) is 5.75 Å². The molecule has 1 N–H and O–H groups in total. The number of aliphatic hydroxyl groups excluding tert-OH is 1. The Morgan fingerprint density at radius 3 is 2.42 bits per heavy atom. The summed E-state index contributed by atoms with van der Waals surface area (Å²) >= 11 is 0. The quantitative estimate of drug-likeness (QED) is 0.843. The van der Waals surface area contributed by atoms with Crippen LogP contribution < -0.4 is 4.74 Å². The van der Waals surface area contributed by atoms with Gasteiger partial charge in [-0.2, -0.15) is 0 Å². The van der Waals surface area contributed by atoms with Gasteiger partial charge in [-0.1, -0.05) is 0 Å². The predicted molar refractivity (Wildman–Crippen MR) is 71.9 cm³/mol. The lowest BCUT2D eigenvalue weighted by Crippen LogP contribution is -2.52. The van der Waals surface area contributed by atoms with Crippen LogP contribution in [-0.2, 0) is 4.74 Å². The highest BCUT2D eigenvalue weighted by atomic mass is 16.5. The Labute approximate surface area is 113 Å². The molecule has 0 radical (unpaired) electrons. The van der Waals surface area contributed by atoms with Crippen molar-refractivity contribution in [3.63, 3.8) is 0 Å². The number of hydrogen-bond donors (Lipinski definition) is 1. The van der Waals surface area contributed by atoms with Gasteiger partial charge in [0.15, 0.2) is 5.78 Å². The summed E-state index contributed by atoms with van der Waals surface area (Å²) in [5.74, 6) is 0.761. The van der Waals surface area contributed by atoms with Crippen LogP contribution in [-0.4, -0.2) is 37.8 Å². The molecule has 0 atom stereocenters. The molecule has 1 aliphatic heterocycles. The Balaban J connectivity index is 2.51. The molecule has 0 bridgehead atoms. The number of carbonyl (C=O) groups is 1. The molecule has 104 valence electrons. The molecule has 0 spiro atoms. The number of ketones is 1. The zero-order valence-electron chi connectivity index (χ0n) is 11.9. The van der Waals surface area contributed by atoms with Gasteiger partial charge in [-0.05, 0) is 43.5 Å². The van der Waals surface area contributed by atoms with E-state index in [2.05, 4.69) is 0 Å². The second-order valence-corrected chi connectivity index (χ2v) is 5.28. The molecular weight excluding hydrogens is 244 g/mol. The number of carbonyl (C=O) groups excluding carboxylic acids is 1. The van der Waals surface area contributed by atoms with E-state index in [0.717, 1.165) is 22.4 Å². The third kappa shape index (κ3) is 2.05.